The van der Waals surface area contributed by atoms with Gasteiger partial charge in [0.05, 0.1) is 22.2 Å². The van der Waals surface area contributed by atoms with Crippen molar-refractivity contribution in [2.75, 3.05) is 0 Å². The largest absolute Gasteiger partial charge is 0.417 e. The maximum absolute atomic E-state index is 13.3. The van der Waals surface area contributed by atoms with Gasteiger partial charge in [-0.25, -0.2) is 8.42 Å². The number of hydrogen-bond donors (Lipinski definition) is 1. The van der Waals surface area contributed by atoms with Gasteiger partial charge in [-0.05, 0) is 29.8 Å². The molecule has 27 heavy (non-hydrogen) atoms. The van der Waals surface area contributed by atoms with Crippen LogP contribution in [0.1, 0.15) is 22.9 Å². The summed E-state index contributed by atoms with van der Waals surface area (Å²) in [6, 6.07) is 16.6. The molecule has 0 aliphatic heterocycles. The molecule has 1 N–H and O–H groups in total. The maximum atomic E-state index is 13.3. The van der Waals surface area contributed by atoms with E-state index in [4.69, 9.17) is 0 Å². The second kappa shape index (κ2) is 7.50. The fourth-order valence-electron chi connectivity index (χ4n) is 2.65. The summed E-state index contributed by atoms with van der Waals surface area (Å²) in [5, 5.41) is 0. The van der Waals surface area contributed by atoms with Gasteiger partial charge in [0.15, 0.2) is 0 Å². The van der Waals surface area contributed by atoms with Crippen molar-refractivity contribution in [1.29, 1.82) is 0 Å². The molecule has 1 aromatic heterocycles. The standard InChI is InChI=1S/C19H15F3N2O2S/c20-19(21,22)15-10-4-5-12-17(15)27(25,26)24-18(14-8-2-1-3-9-14)16-11-6-7-13-23-16/h1-13,18,24H. The number of alkyl halides is 3. The minimum Gasteiger partial charge on any atom is -0.259 e. The molecule has 0 radical (unpaired) electrons. The Bertz CT molecular complexity index is 968. The average molecular weight is 392 g/mol. The van der Waals surface area contributed by atoms with E-state index in [-0.39, 0.29) is 0 Å². The lowest BCUT2D eigenvalue weighted by atomic mass is 10.0. The van der Waals surface area contributed by atoms with Crippen LogP contribution in [0.5, 0.6) is 0 Å². The van der Waals surface area contributed by atoms with E-state index in [9.17, 15) is 21.6 Å². The van der Waals surface area contributed by atoms with E-state index in [0.29, 0.717) is 11.3 Å². The van der Waals surface area contributed by atoms with Crippen LogP contribution in [0.4, 0.5) is 13.2 Å². The Morgan fingerprint density at radius 2 is 1.48 bits per heavy atom. The van der Waals surface area contributed by atoms with E-state index in [0.717, 1.165) is 18.2 Å². The summed E-state index contributed by atoms with van der Waals surface area (Å²) < 4.78 is 67.8. The van der Waals surface area contributed by atoms with Crippen LogP contribution in [-0.4, -0.2) is 13.4 Å². The van der Waals surface area contributed by atoms with Crippen LogP contribution in [0.3, 0.4) is 0 Å². The first-order valence-electron chi connectivity index (χ1n) is 7.93. The lowest BCUT2D eigenvalue weighted by molar-refractivity contribution is -0.139. The molecule has 3 aromatic rings. The first kappa shape index (κ1) is 19.1. The Balaban J connectivity index is 2.07. The highest BCUT2D eigenvalue weighted by molar-refractivity contribution is 7.89. The van der Waals surface area contributed by atoms with Gasteiger partial charge in [-0.3, -0.25) is 4.98 Å². The van der Waals surface area contributed by atoms with Crippen molar-refractivity contribution in [1.82, 2.24) is 9.71 Å². The van der Waals surface area contributed by atoms with E-state index in [1.54, 1.807) is 48.5 Å². The highest BCUT2D eigenvalue weighted by Gasteiger charge is 2.37. The number of sulfonamides is 1. The normalized spacial score (nSPS) is 13.3. The fourth-order valence-corrected chi connectivity index (χ4v) is 4.07. The first-order chi connectivity index (χ1) is 12.8. The molecule has 2 aromatic carbocycles. The van der Waals surface area contributed by atoms with E-state index in [1.165, 1.54) is 12.3 Å². The van der Waals surface area contributed by atoms with Gasteiger partial charge in [0.25, 0.3) is 0 Å². The molecule has 0 aliphatic carbocycles. The molecule has 0 aliphatic rings. The van der Waals surface area contributed by atoms with Gasteiger partial charge in [0.1, 0.15) is 0 Å². The van der Waals surface area contributed by atoms with Gasteiger partial charge in [0, 0.05) is 6.20 Å². The molecule has 1 unspecified atom stereocenters. The van der Waals surface area contributed by atoms with Gasteiger partial charge < -0.3 is 0 Å². The zero-order valence-corrected chi connectivity index (χ0v) is 14.7. The Morgan fingerprint density at radius 3 is 2.11 bits per heavy atom. The third-order valence-electron chi connectivity index (χ3n) is 3.87. The number of rotatable bonds is 5. The molecular weight excluding hydrogens is 377 g/mol. The molecule has 140 valence electrons. The third-order valence-corrected chi connectivity index (χ3v) is 5.35. The van der Waals surface area contributed by atoms with Crippen LogP contribution >= 0.6 is 0 Å². The zero-order valence-electron chi connectivity index (χ0n) is 13.9. The molecular formula is C19H15F3N2O2S. The number of nitrogens with one attached hydrogen (secondary N) is 1. The van der Waals surface area contributed by atoms with E-state index < -0.39 is 32.7 Å². The predicted octanol–water partition coefficient (Wildman–Crippen LogP) is 4.17. The van der Waals surface area contributed by atoms with Crippen molar-refractivity contribution in [3.63, 3.8) is 0 Å². The number of halogens is 3. The van der Waals surface area contributed by atoms with Crippen LogP contribution in [0, 0.1) is 0 Å². The summed E-state index contributed by atoms with van der Waals surface area (Å²) in [6.07, 6.45) is -3.30. The highest BCUT2D eigenvalue weighted by Crippen LogP contribution is 2.34. The molecule has 0 spiro atoms. The Hall–Kier alpha value is -2.71. The summed E-state index contributed by atoms with van der Waals surface area (Å²) >= 11 is 0. The summed E-state index contributed by atoms with van der Waals surface area (Å²) in [7, 11) is -4.48. The van der Waals surface area contributed by atoms with Gasteiger partial charge >= 0.3 is 6.18 Å². The second-order valence-electron chi connectivity index (χ2n) is 5.71. The third kappa shape index (κ3) is 4.35. The van der Waals surface area contributed by atoms with Gasteiger partial charge in [-0.2, -0.15) is 17.9 Å². The fraction of sp³-hybridized carbons (Fsp3) is 0.105. The predicted molar refractivity (Wildman–Crippen MR) is 94.3 cm³/mol. The zero-order chi connectivity index (χ0) is 19.5. The Kier molecular flexibility index (Phi) is 5.29. The SMILES string of the molecule is O=S(=O)(NC(c1ccccc1)c1ccccn1)c1ccccc1C(F)(F)F. The van der Waals surface area contributed by atoms with E-state index >= 15 is 0 Å². The number of aromatic nitrogens is 1. The summed E-state index contributed by atoms with van der Waals surface area (Å²) in [5.41, 5.74) is -0.286. The van der Waals surface area contributed by atoms with Crippen molar-refractivity contribution in [3.05, 3.63) is 95.8 Å². The summed E-state index contributed by atoms with van der Waals surface area (Å²) in [6.45, 7) is 0. The molecule has 0 saturated heterocycles. The molecule has 0 fully saturated rings. The molecule has 1 atom stereocenters. The lowest BCUT2D eigenvalue weighted by Gasteiger charge is -2.20. The van der Waals surface area contributed by atoms with E-state index in [2.05, 4.69) is 9.71 Å². The van der Waals surface area contributed by atoms with Gasteiger partial charge in [-0.15, -0.1) is 0 Å². The number of benzene rings is 2. The van der Waals surface area contributed by atoms with Crippen LogP contribution in [0.2, 0.25) is 0 Å². The van der Waals surface area contributed by atoms with Crippen molar-refractivity contribution >= 4 is 10.0 Å². The molecule has 8 heteroatoms. The molecule has 3 rings (SSSR count). The molecule has 0 bridgehead atoms. The molecule has 4 nitrogen and oxygen atoms in total. The summed E-state index contributed by atoms with van der Waals surface area (Å²) in [5.74, 6) is 0. The highest BCUT2D eigenvalue weighted by atomic mass is 32.2. The molecule has 0 saturated carbocycles. The quantitative estimate of drug-likeness (QED) is 0.709. The first-order valence-corrected chi connectivity index (χ1v) is 9.42. The number of hydrogen-bond acceptors (Lipinski definition) is 3. The van der Waals surface area contributed by atoms with Gasteiger partial charge in [-0.1, -0.05) is 48.5 Å². The van der Waals surface area contributed by atoms with Crippen LogP contribution in [-0.2, 0) is 16.2 Å². The second-order valence-corrected chi connectivity index (χ2v) is 7.40. The van der Waals surface area contributed by atoms with Crippen molar-refractivity contribution < 1.29 is 21.6 Å². The van der Waals surface area contributed by atoms with Crippen LogP contribution in [0.25, 0.3) is 0 Å². The average Bonchev–Trinajstić information content (AvgIpc) is 2.67. The topological polar surface area (TPSA) is 59.1 Å². The van der Waals surface area contributed by atoms with Crippen molar-refractivity contribution in [3.8, 4) is 0 Å². The monoisotopic (exact) mass is 392 g/mol. The smallest absolute Gasteiger partial charge is 0.259 e. The van der Waals surface area contributed by atoms with Crippen molar-refractivity contribution in [2.45, 2.75) is 17.1 Å². The Morgan fingerprint density at radius 1 is 0.852 bits per heavy atom. The van der Waals surface area contributed by atoms with E-state index in [1.807, 2.05) is 0 Å². The summed E-state index contributed by atoms with van der Waals surface area (Å²) in [4.78, 5) is 3.33. The molecule has 1 heterocycles. The van der Waals surface area contributed by atoms with Crippen LogP contribution in [0.15, 0.2) is 83.9 Å². The van der Waals surface area contributed by atoms with Crippen molar-refractivity contribution in [2.24, 2.45) is 0 Å². The number of nitrogens with zero attached hydrogens (tertiary/aromatic N) is 1. The van der Waals surface area contributed by atoms with Gasteiger partial charge in [0.2, 0.25) is 10.0 Å². The number of pyridine rings is 1. The minimum atomic E-state index is -4.79. The minimum absolute atomic E-state index is 0.372. The van der Waals surface area contributed by atoms with Crippen LogP contribution < -0.4 is 4.72 Å². The lowest BCUT2D eigenvalue weighted by Crippen LogP contribution is -2.31. The maximum Gasteiger partial charge on any atom is 0.417 e. The Labute approximate surface area is 154 Å². The molecule has 0 amide bonds.